The van der Waals surface area contributed by atoms with E-state index in [1.807, 2.05) is 31.2 Å². The lowest BCUT2D eigenvalue weighted by Gasteiger charge is -2.06. The summed E-state index contributed by atoms with van der Waals surface area (Å²) in [7, 11) is 0. The number of hydrazine groups is 1. The van der Waals surface area contributed by atoms with E-state index >= 15 is 0 Å². The highest BCUT2D eigenvalue weighted by atomic mass is 32.2. The lowest BCUT2D eigenvalue weighted by atomic mass is 10.2. The van der Waals surface area contributed by atoms with Gasteiger partial charge >= 0.3 is 0 Å². The third-order valence-corrected chi connectivity index (χ3v) is 5.07. The minimum Gasteiger partial charge on any atom is -0.272 e. The average molecular weight is 365 g/mol. The minimum atomic E-state index is -0.579. The van der Waals surface area contributed by atoms with Crippen LogP contribution in [0.2, 0.25) is 0 Å². The fourth-order valence-electron chi connectivity index (χ4n) is 1.77. The van der Waals surface area contributed by atoms with Gasteiger partial charge in [0.25, 0.3) is 11.6 Å². The van der Waals surface area contributed by atoms with Crippen LogP contribution in [0.5, 0.6) is 0 Å². The number of rotatable bonds is 5. The molecule has 0 radical (unpaired) electrons. The van der Waals surface area contributed by atoms with Crippen LogP contribution in [-0.2, 0) is 4.79 Å². The van der Waals surface area contributed by atoms with Gasteiger partial charge in [-0.15, -0.1) is 23.1 Å². The van der Waals surface area contributed by atoms with Crippen LogP contribution >= 0.6 is 23.1 Å². The smallest absolute Gasteiger partial charge is 0.272 e. The second-order valence-corrected chi connectivity index (χ2v) is 7.22. The zero-order chi connectivity index (χ0) is 17.7. The molecule has 2 rings (SSSR count). The predicted molar refractivity (Wildman–Crippen MR) is 93.2 cm³/mol. The summed E-state index contributed by atoms with van der Waals surface area (Å²) in [6.45, 7) is 3.55. The Morgan fingerprint density at radius 3 is 2.46 bits per heavy atom. The molecule has 1 aromatic carbocycles. The van der Waals surface area contributed by atoms with E-state index in [-0.39, 0.29) is 22.2 Å². The molecule has 0 aliphatic carbocycles. The maximum atomic E-state index is 11.9. The monoisotopic (exact) mass is 365 g/mol. The molecule has 0 aliphatic heterocycles. The summed E-state index contributed by atoms with van der Waals surface area (Å²) in [6.07, 6.45) is 0. The summed E-state index contributed by atoms with van der Waals surface area (Å²) in [4.78, 5) is 35.4. The highest BCUT2D eigenvalue weighted by molar-refractivity contribution is 8.00. The van der Waals surface area contributed by atoms with Crippen LogP contribution in [-0.4, -0.2) is 22.5 Å². The Bertz CT molecular complexity index is 772. The first-order valence-electron chi connectivity index (χ1n) is 6.90. The van der Waals surface area contributed by atoms with Gasteiger partial charge in [-0.2, -0.15) is 0 Å². The van der Waals surface area contributed by atoms with Crippen molar-refractivity contribution in [2.45, 2.75) is 18.7 Å². The van der Waals surface area contributed by atoms with Crippen molar-refractivity contribution in [2.24, 2.45) is 0 Å². The summed E-state index contributed by atoms with van der Waals surface area (Å²) in [5, 5.41) is 10.8. The van der Waals surface area contributed by atoms with Crippen LogP contribution in [0.25, 0.3) is 0 Å². The number of carbonyl (C=O) groups is 2. The van der Waals surface area contributed by atoms with Crippen molar-refractivity contribution in [3.63, 3.8) is 0 Å². The van der Waals surface area contributed by atoms with E-state index in [1.54, 1.807) is 6.92 Å². The lowest BCUT2D eigenvalue weighted by molar-refractivity contribution is -0.385. The molecule has 0 unspecified atom stereocenters. The van der Waals surface area contributed by atoms with Crippen molar-refractivity contribution in [3.05, 3.63) is 55.8 Å². The van der Waals surface area contributed by atoms with Gasteiger partial charge in [-0.05, 0) is 26.0 Å². The molecule has 2 amide bonds. The molecule has 24 heavy (non-hydrogen) atoms. The molecule has 0 aliphatic rings. The molecule has 0 bridgehead atoms. The number of nitro groups is 1. The molecule has 0 spiro atoms. The topological polar surface area (TPSA) is 101 Å². The second kappa shape index (κ2) is 7.93. The largest absolute Gasteiger partial charge is 0.283 e. The number of nitrogens with zero attached hydrogens (tertiary/aromatic N) is 1. The lowest BCUT2D eigenvalue weighted by Crippen LogP contribution is -2.42. The number of thioether (sulfide) groups is 1. The van der Waals surface area contributed by atoms with E-state index in [0.29, 0.717) is 4.88 Å². The number of nitrogens with one attached hydrogen (secondary N) is 2. The zero-order valence-corrected chi connectivity index (χ0v) is 14.6. The quantitative estimate of drug-likeness (QED) is 0.482. The number of hydrogen-bond acceptors (Lipinski definition) is 6. The Balaban J connectivity index is 1.82. The van der Waals surface area contributed by atoms with Crippen LogP contribution in [0.15, 0.2) is 35.2 Å². The molecule has 9 heteroatoms. The van der Waals surface area contributed by atoms with Crippen LogP contribution in [0.1, 0.15) is 20.1 Å². The maximum Gasteiger partial charge on any atom is 0.283 e. The number of aryl methyl sites for hydroxylation is 2. The van der Waals surface area contributed by atoms with Gasteiger partial charge in [-0.25, -0.2) is 0 Å². The number of amides is 2. The molecular weight excluding hydrogens is 350 g/mol. The van der Waals surface area contributed by atoms with Crippen LogP contribution in [0, 0.1) is 24.0 Å². The van der Waals surface area contributed by atoms with Crippen molar-refractivity contribution in [2.75, 3.05) is 5.75 Å². The molecule has 0 fully saturated rings. The summed E-state index contributed by atoms with van der Waals surface area (Å²) >= 11 is 2.35. The van der Waals surface area contributed by atoms with Crippen LogP contribution < -0.4 is 10.9 Å². The molecule has 0 saturated heterocycles. The second-order valence-electron chi connectivity index (χ2n) is 4.91. The summed E-state index contributed by atoms with van der Waals surface area (Å²) < 4.78 is 0. The normalized spacial score (nSPS) is 10.2. The molecule has 126 valence electrons. The van der Waals surface area contributed by atoms with Gasteiger partial charge < -0.3 is 0 Å². The first kappa shape index (κ1) is 18.0. The third-order valence-electron chi connectivity index (χ3n) is 3.02. The van der Waals surface area contributed by atoms with Crippen molar-refractivity contribution >= 4 is 40.6 Å². The fourth-order valence-corrected chi connectivity index (χ4v) is 3.35. The predicted octanol–water partition coefficient (Wildman–Crippen LogP) is 2.83. The molecule has 0 saturated carbocycles. The maximum absolute atomic E-state index is 11.9. The Kier molecular flexibility index (Phi) is 5.93. The average Bonchev–Trinajstić information content (AvgIpc) is 2.94. The van der Waals surface area contributed by atoms with E-state index in [9.17, 15) is 19.7 Å². The number of carbonyl (C=O) groups excluding carboxylic acids is 2. The SMILES string of the molecule is Cc1ccc(SCC(=O)NNC(=O)c2cc([N+](=O)[O-])c(C)s2)cc1. The van der Waals surface area contributed by atoms with Crippen molar-refractivity contribution in [1.82, 2.24) is 10.9 Å². The van der Waals surface area contributed by atoms with Gasteiger partial charge in [0.15, 0.2) is 0 Å². The molecule has 1 aromatic heterocycles. The molecule has 2 aromatic rings. The molecule has 7 nitrogen and oxygen atoms in total. The fraction of sp³-hybridized carbons (Fsp3) is 0.200. The third kappa shape index (κ3) is 4.80. The highest BCUT2D eigenvalue weighted by Gasteiger charge is 2.19. The minimum absolute atomic E-state index is 0.105. The first-order valence-corrected chi connectivity index (χ1v) is 8.70. The van der Waals surface area contributed by atoms with Gasteiger partial charge in [-0.1, -0.05) is 17.7 Å². The Morgan fingerprint density at radius 2 is 1.88 bits per heavy atom. The van der Waals surface area contributed by atoms with Gasteiger partial charge in [0.05, 0.1) is 15.6 Å². The van der Waals surface area contributed by atoms with Gasteiger partial charge in [0.2, 0.25) is 5.91 Å². The van der Waals surface area contributed by atoms with E-state index in [2.05, 4.69) is 10.9 Å². The van der Waals surface area contributed by atoms with E-state index in [4.69, 9.17) is 0 Å². The van der Waals surface area contributed by atoms with Crippen LogP contribution in [0.4, 0.5) is 5.69 Å². The van der Waals surface area contributed by atoms with Crippen molar-refractivity contribution in [1.29, 1.82) is 0 Å². The highest BCUT2D eigenvalue weighted by Crippen LogP contribution is 2.27. The van der Waals surface area contributed by atoms with E-state index in [0.717, 1.165) is 21.8 Å². The number of thiophene rings is 1. The molecule has 2 N–H and O–H groups in total. The van der Waals surface area contributed by atoms with Gasteiger partial charge in [0.1, 0.15) is 4.88 Å². The molecule has 1 heterocycles. The van der Waals surface area contributed by atoms with Crippen LogP contribution in [0.3, 0.4) is 0 Å². The standard InChI is InChI=1S/C15H15N3O4S2/c1-9-3-5-11(6-4-9)23-8-14(19)16-17-15(20)13-7-12(18(21)22)10(2)24-13/h3-7H,8H2,1-2H3,(H,16,19)(H,17,20). The van der Waals surface area contributed by atoms with Crippen molar-refractivity contribution in [3.8, 4) is 0 Å². The Morgan fingerprint density at radius 1 is 1.21 bits per heavy atom. The summed E-state index contributed by atoms with van der Waals surface area (Å²) in [6, 6.07) is 8.93. The Labute approximate surface area is 146 Å². The molecule has 0 atom stereocenters. The van der Waals surface area contributed by atoms with E-state index < -0.39 is 10.8 Å². The first-order chi connectivity index (χ1) is 11.4. The van der Waals surface area contributed by atoms with Gasteiger partial charge in [-0.3, -0.25) is 30.6 Å². The van der Waals surface area contributed by atoms with Crippen molar-refractivity contribution < 1.29 is 14.5 Å². The van der Waals surface area contributed by atoms with E-state index in [1.165, 1.54) is 17.8 Å². The molecular formula is C15H15N3O4S2. The summed E-state index contributed by atoms with van der Waals surface area (Å²) in [5.41, 5.74) is 5.59. The summed E-state index contributed by atoms with van der Waals surface area (Å²) in [5.74, 6) is -0.797. The zero-order valence-electron chi connectivity index (χ0n) is 13.0. The number of benzene rings is 1. The Hall–Kier alpha value is -2.39. The van der Waals surface area contributed by atoms with Gasteiger partial charge in [0, 0.05) is 11.0 Å². The number of hydrogen-bond donors (Lipinski definition) is 2.